The number of fused-ring (bicyclic) bond motifs is 4. The summed E-state index contributed by atoms with van der Waals surface area (Å²) in [4.78, 5) is 62.4. The summed E-state index contributed by atoms with van der Waals surface area (Å²) in [5.41, 5.74) is -0.244. The van der Waals surface area contributed by atoms with E-state index < -0.39 is 69.1 Å². The number of pyridine rings is 1. The molecule has 3 aromatic carbocycles. The van der Waals surface area contributed by atoms with E-state index in [4.69, 9.17) is 27.9 Å². The molecule has 4 atom stereocenters. The molecular formula is C37H25Br2Cl2F3N6O6. The maximum absolute atomic E-state index is 15.4. The van der Waals surface area contributed by atoms with Crippen LogP contribution in [0.1, 0.15) is 35.1 Å². The van der Waals surface area contributed by atoms with Gasteiger partial charge in [-0.15, -0.1) is 0 Å². The van der Waals surface area contributed by atoms with Crippen LogP contribution in [0.25, 0.3) is 5.69 Å². The number of carbonyl (C=O) groups excluding carboxylic acids is 2. The summed E-state index contributed by atoms with van der Waals surface area (Å²) < 4.78 is 50.1. The number of methoxy groups -OCH3 is 1. The van der Waals surface area contributed by atoms with Gasteiger partial charge in [-0.3, -0.25) is 15.0 Å². The number of hydrogen-bond donors (Lipinski definition) is 2. The van der Waals surface area contributed by atoms with Crippen LogP contribution in [0.15, 0.2) is 103 Å². The Hall–Kier alpha value is -4.84. The molecule has 0 spiro atoms. The number of aromatic nitrogens is 4. The Labute approximate surface area is 340 Å². The van der Waals surface area contributed by atoms with Crippen molar-refractivity contribution < 1.29 is 32.6 Å². The SMILES string of the molecule is COc1cc(C2C3=CCn4c(=O)n(-c5ccccc5)c(=O)n4C3CC3C(=O)N(Nc4ncc(C(F)(F)F)cc4Cl)C(=O)C32c2ccc(Cl)cc2)c(Br)c(Br)c1O. The molecule has 5 aromatic rings. The van der Waals surface area contributed by atoms with Gasteiger partial charge in [0, 0.05) is 21.6 Å². The van der Waals surface area contributed by atoms with Gasteiger partial charge in [0.2, 0.25) is 0 Å². The lowest BCUT2D eigenvalue weighted by atomic mass is 9.53. The summed E-state index contributed by atoms with van der Waals surface area (Å²) in [6, 6.07) is 15.7. The highest BCUT2D eigenvalue weighted by atomic mass is 79.9. The molecule has 8 rings (SSSR count). The van der Waals surface area contributed by atoms with Gasteiger partial charge >= 0.3 is 17.6 Å². The Balaban J connectivity index is 1.40. The highest BCUT2D eigenvalue weighted by molar-refractivity contribution is 9.13. The molecule has 2 amide bonds. The Kier molecular flexibility index (Phi) is 9.29. The summed E-state index contributed by atoms with van der Waals surface area (Å²) >= 11 is 19.6. The Morgan fingerprint density at radius 2 is 1.68 bits per heavy atom. The minimum atomic E-state index is -4.77. The summed E-state index contributed by atoms with van der Waals surface area (Å²) in [6.45, 7) is -0.0964. The summed E-state index contributed by atoms with van der Waals surface area (Å²) in [5.74, 6) is -4.75. The van der Waals surface area contributed by atoms with Gasteiger partial charge in [0.05, 0.1) is 51.8 Å². The number of rotatable bonds is 6. The van der Waals surface area contributed by atoms with Gasteiger partial charge in [0.25, 0.3) is 11.8 Å². The zero-order chi connectivity index (χ0) is 40.0. The summed E-state index contributed by atoms with van der Waals surface area (Å²) in [7, 11) is 1.34. The average Bonchev–Trinajstić information content (AvgIpc) is 3.55. The second-order valence-corrected chi connectivity index (χ2v) is 15.7. The third-order valence-electron chi connectivity index (χ3n) is 10.5. The van der Waals surface area contributed by atoms with Crippen molar-refractivity contribution in [1.29, 1.82) is 0 Å². The van der Waals surface area contributed by atoms with Gasteiger partial charge in [-0.1, -0.05) is 59.6 Å². The van der Waals surface area contributed by atoms with Crippen LogP contribution in [-0.2, 0) is 27.7 Å². The standard InChI is InChI=1S/C37H25Br2Cl2F3N6O6/c1-56-26-14-22(28(38)29(39)30(26)51)27-21-11-12-47-34(54)48(20-5-3-2-4-6-20)35(55)50(47)25(21)15-23-32(52)49(33(53)36(23,27)17-7-9-19(40)10-8-17)46-31-24(41)13-18(16-45-31)37(42,43)44/h2-11,13-14,16,23,25,27,51H,12,15H2,1H3,(H,45,46). The number of nitrogens with zero attached hydrogens (tertiary/aromatic N) is 5. The molecule has 12 nitrogen and oxygen atoms in total. The Morgan fingerprint density at radius 3 is 2.32 bits per heavy atom. The molecule has 1 aliphatic carbocycles. The first-order chi connectivity index (χ1) is 26.6. The molecule has 56 heavy (non-hydrogen) atoms. The molecule has 1 saturated heterocycles. The van der Waals surface area contributed by atoms with E-state index >= 15 is 4.79 Å². The molecule has 3 aliphatic rings. The van der Waals surface area contributed by atoms with Gasteiger partial charge in [0.1, 0.15) is 0 Å². The van der Waals surface area contributed by atoms with Crippen LogP contribution in [-0.4, -0.2) is 48.0 Å². The zero-order valence-electron chi connectivity index (χ0n) is 28.5. The number of para-hydroxylation sites is 1. The number of phenolic OH excluding ortho intramolecular Hbond substituents is 1. The lowest BCUT2D eigenvalue weighted by Crippen LogP contribution is -2.53. The first-order valence-corrected chi connectivity index (χ1v) is 19.0. The van der Waals surface area contributed by atoms with Crippen molar-refractivity contribution in [2.75, 3.05) is 12.5 Å². The number of benzene rings is 3. The molecule has 19 heteroatoms. The van der Waals surface area contributed by atoms with E-state index in [0.29, 0.717) is 44.7 Å². The second-order valence-electron chi connectivity index (χ2n) is 13.3. The van der Waals surface area contributed by atoms with Crippen molar-refractivity contribution in [2.45, 2.75) is 36.5 Å². The molecule has 2 aromatic heterocycles. The normalized spacial score (nSPS) is 21.7. The van der Waals surface area contributed by atoms with E-state index in [9.17, 15) is 32.7 Å². The average molecular weight is 937 g/mol. The molecular weight excluding hydrogens is 912 g/mol. The van der Waals surface area contributed by atoms with Gasteiger partial charge in [-0.25, -0.2) is 28.5 Å². The van der Waals surface area contributed by atoms with Crippen LogP contribution in [0.4, 0.5) is 19.0 Å². The van der Waals surface area contributed by atoms with Crippen LogP contribution in [0.3, 0.4) is 0 Å². The minimum Gasteiger partial charge on any atom is -0.503 e. The Bertz CT molecular complexity index is 2630. The van der Waals surface area contributed by atoms with Gasteiger partial charge < -0.3 is 9.84 Å². The second kappa shape index (κ2) is 13.7. The predicted molar refractivity (Wildman–Crippen MR) is 205 cm³/mol. The van der Waals surface area contributed by atoms with Crippen molar-refractivity contribution in [3.63, 3.8) is 0 Å². The number of carbonyl (C=O) groups is 2. The Morgan fingerprint density at radius 1 is 0.982 bits per heavy atom. The smallest absolute Gasteiger partial charge is 0.417 e. The number of imide groups is 1. The summed E-state index contributed by atoms with van der Waals surface area (Å²) in [5, 5.41) is 11.5. The monoisotopic (exact) mass is 934 g/mol. The summed E-state index contributed by atoms with van der Waals surface area (Å²) in [6.07, 6.45) is -2.70. The molecule has 0 radical (unpaired) electrons. The highest BCUT2D eigenvalue weighted by Gasteiger charge is 2.69. The van der Waals surface area contributed by atoms with E-state index in [2.05, 4.69) is 42.3 Å². The third-order valence-corrected chi connectivity index (χ3v) is 13.2. The number of amides is 2. The lowest BCUT2D eigenvalue weighted by Gasteiger charge is -2.49. The topological polar surface area (TPSA) is 141 Å². The number of ether oxygens (including phenoxy) is 1. The molecule has 2 aliphatic heterocycles. The maximum atomic E-state index is 15.4. The quantitative estimate of drug-likeness (QED) is 0.133. The molecule has 4 unspecified atom stereocenters. The van der Waals surface area contributed by atoms with Gasteiger partial charge in [-0.2, -0.15) is 18.2 Å². The van der Waals surface area contributed by atoms with E-state index in [1.165, 1.54) is 22.5 Å². The predicted octanol–water partition coefficient (Wildman–Crippen LogP) is 7.38. The van der Waals surface area contributed by atoms with E-state index in [0.717, 1.165) is 4.57 Å². The van der Waals surface area contributed by atoms with Crippen LogP contribution in [0, 0.1) is 5.92 Å². The molecule has 1 saturated carbocycles. The molecule has 0 bridgehead atoms. The number of hydrogen-bond acceptors (Lipinski definition) is 8. The van der Waals surface area contributed by atoms with Crippen molar-refractivity contribution in [3.8, 4) is 17.2 Å². The first-order valence-electron chi connectivity index (χ1n) is 16.7. The largest absolute Gasteiger partial charge is 0.503 e. The highest BCUT2D eigenvalue weighted by Crippen LogP contribution is 2.63. The van der Waals surface area contributed by atoms with Crippen LogP contribution in [0.2, 0.25) is 10.0 Å². The lowest BCUT2D eigenvalue weighted by molar-refractivity contribution is -0.139. The minimum absolute atomic E-state index is 0.00760. The fourth-order valence-corrected chi connectivity index (χ4v) is 9.45. The van der Waals surface area contributed by atoms with E-state index in [1.54, 1.807) is 60.7 Å². The van der Waals surface area contributed by atoms with Crippen LogP contribution in [0.5, 0.6) is 11.5 Å². The first kappa shape index (κ1) is 38.1. The number of phenols is 1. The number of hydrazine groups is 1. The molecule has 2 N–H and O–H groups in total. The fraction of sp³-hybridized carbons (Fsp3) is 0.216. The van der Waals surface area contributed by atoms with Gasteiger partial charge in [0.15, 0.2) is 17.3 Å². The number of halogens is 7. The fourth-order valence-electron chi connectivity index (χ4n) is 8.16. The van der Waals surface area contributed by atoms with Gasteiger partial charge in [-0.05, 0) is 91.4 Å². The van der Waals surface area contributed by atoms with Crippen LogP contribution < -0.4 is 21.5 Å². The van der Waals surface area contributed by atoms with Crippen molar-refractivity contribution in [2.24, 2.45) is 5.92 Å². The maximum Gasteiger partial charge on any atom is 0.417 e. The zero-order valence-corrected chi connectivity index (χ0v) is 33.2. The van der Waals surface area contributed by atoms with Crippen molar-refractivity contribution in [1.82, 2.24) is 23.9 Å². The molecule has 2 fully saturated rings. The third kappa shape index (κ3) is 5.56. The molecule has 288 valence electrons. The number of nitrogens with one attached hydrogen (secondary N) is 1. The number of alkyl halides is 3. The van der Waals surface area contributed by atoms with Crippen molar-refractivity contribution >= 4 is 72.7 Å². The van der Waals surface area contributed by atoms with E-state index in [-0.39, 0.29) is 33.4 Å². The molecule has 4 heterocycles. The van der Waals surface area contributed by atoms with Crippen molar-refractivity contribution in [3.05, 3.63) is 141 Å². The van der Waals surface area contributed by atoms with Crippen LogP contribution >= 0.6 is 55.1 Å². The van der Waals surface area contributed by atoms with E-state index in [1.807, 2.05) is 0 Å². The number of allylic oxidation sites excluding steroid dienone is 2. The number of aromatic hydroxyl groups is 1. The number of anilines is 1.